The summed E-state index contributed by atoms with van der Waals surface area (Å²) in [6, 6.07) is 10.0. The lowest BCUT2D eigenvalue weighted by atomic mass is 9.73. The predicted octanol–water partition coefficient (Wildman–Crippen LogP) is 3.21. The minimum Gasteiger partial charge on any atom is -0.383 e. The quantitative estimate of drug-likeness (QED) is 0.849. The molecule has 0 N–H and O–H groups in total. The zero-order chi connectivity index (χ0) is 15.7. The first-order chi connectivity index (χ1) is 11.3. The molecule has 0 unspecified atom stereocenters. The van der Waals surface area contributed by atoms with E-state index in [0.717, 1.165) is 13.2 Å². The van der Waals surface area contributed by atoms with Gasteiger partial charge in [0.25, 0.3) is 0 Å². The molecular formula is C20H30N2O. The first-order valence-corrected chi connectivity index (χ1v) is 9.37. The van der Waals surface area contributed by atoms with Crippen LogP contribution in [0.25, 0.3) is 0 Å². The zero-order valence-electron chi connectivity index (χ0n) is 14.5. The third kappa shape index (κ3) is 2.84. The summed E-state index contributed by atoms with van der Waals surface area (Å²) >= 11 is 0. The van der Waals surface area contributed by atoms with Crippen LogP contribution >= 0.6 is 0 Å². The van der Waals surface area contributed by atoms with E-state index >= 15 is 0 Å². The number of methoxy groups -OCH3 is 1. The molecule has 0 aromatic heterocycles. The molecule has 2 heterocycles. The summed E-state index contributed by atoms with van der Waals surface area (Å²) in [6.07, 6.45) is 6.76. The topological polar surface area (TPSA) is 15.7 Å². The van der Waals surface area contributed by atoms with Crippen molar-refractivity contribution in [3.63, 3.8) is 0 Å². The third-order valence-corrected chi connectivity index (χ3v) is 6.48. The molecule has 1 aromatic carbocycles. The number of rotatable bonds is 4. The highest BCUT2D eigenvalue weighted by Crippen LogP contribution is 2.53. The Hall–Kier alpha value is -0.900. The molecular weight excluding hydrogens is 284 g/mol. The van der Waals surface area contributed by atoms with Crippen molar-refractivity contribution in [3.8, 4) is 0 Å². The number of hydrogen-bond donors (Lipinski definition) is 0. The second-order valence-corrected chi connectivity index (χ2v) is 7.67. The smallest absolute Gasteiger partial charge is 0.0589 e. The van der Waals surface area contributed by atoms with Gasteiger partial charge in [-0.15, -0.1) is 0 Å². The van der Waals surface area contributed by atoms with E-state index in [9.17, 15) is 0 Å². The zero-order valence-corrected chi connectivity index (χ0v) is 14.5. The fraction of sp³-hybridized carbons (Fsp3) is 0.700. The number of fused-ring (bicyclic) bond motifs is 2. The molecule has 23 heavy (non-hydrogen) atoms. The van der Waals surface area contributed by atoms with Crippen LogP contribution in [0.4, 0.5) is 0 Å². The maximum Gasteiger partial charge on any atom is 0.0589 e. The summed E-state index contributed by atoms with van der Waals surface area (Å²) in [5, 5.41) is 0. The standard InChI is InChI=1S/C20H30N2O/c1-23-15-14-21-12-8-20(9-13-21)16-19(22-10-4-5-11-22)17-6-2-3-7-18(17)20/h2-3,6-7,19H,4-5,8-16H2,1H3/t19-/m0/s1. The summed E-state index contributed by atoms with van der Waals surface area (Å²) in [7, 11) is 1.80. The fourth-order valence-electron chi connectivity index (χ4n) is 5.14. The summed E-state index contributed by atoms with van der Waals surface area (Å²) < 4.78 is 5.25. The van der Waals surface area contributed by atoms with Crippen LogP contribution in [0, 0.1) is 0 Å². The highest BCUT2D eigenvalue weighted by atomic mass is 16.5. The van der Waals surface area contributed by atoms with Crippen LogP contribution in [0.3, 0.4) is 0 Å². The minimum atomic E-state index is 0.438. The van der Waals surface area contributed by atoms with Crippen LogP contribution in [0.5, 0.6) is 0 Å². The Morgan fingerprint density at radius 1 is 1.09 bits per heavy atom. The van der Waals surface area contributed by atoms with Crippen LogP contribution in [0.2, 0.25) is 0 Å². The van der Waals surface area contributed by atoms with Crippen molar-refractivity contribution in [3.05, 3.63) is 35.4 Å². The molecule has 0 amide bonds. The first kappa shape index (κ1) is 15.6. The number of nitrogens with zero attached hydrogens (tertiary/aromatic N) is 2. The highest BCUT2D eigenvalue weighted by molar-refractivity contribution is 5.43. The largest absolute Gasteiger partial charge is 0.383 e. The Bertz CT molecular complexity index is 530. The van der Waals surface area contributed by atoms with Crippen molar-refractivity contribution >= 4 is 0 Å². The third-order valence-electron chi connectivity index (χ3n) is 6.48. The minimum absolute atomic E-state index is 0.438. The van der Waals surface area contributed by atoms with Gasteiger partial charge >= 0.3 is 0 Å². The number of ether oxygens (including phenoxy) is 1. The van der Waals surface area contributed by atoms with Gasteiger partial charge < -0.3 is 9.64 Å². The van der Waals surface area contributed by atoms with E-state index in [4.69, 9.17) is 4.74 Å². The monoisotopic (exact) mass is 314 g/mol. The van der Waals surface area contributed by atoms with Crippen molar-refractivity contribution in [1.29, 1.82) is 0 Å². The summed E-state index contributed by atoms with van der Waals surface area (Å²) in [5.41, 5.74) is 3.75. The lowest BCUT2D eigenvalue weighted by molar-refractivity contribution is 0.100. The molecule has 2 aliphatic heterocycles. The van der Waals surface area contributed by atoms with Gasteiger partial charge in [-0.3, -0.25) is 4.90 Å². The van der Waals surface area contributed by atoms with Gasteiger partial charge in [-0.2, -0.15) is 0 Å². The highest BCUT2D eigenvalue weighted by Gasteiger charge is 2.46. The Balaban J connectivity index is 1.54. The maximum absolute atomic E-state index is 5.25. The predicted molar refractivity (Wildman–Crippen MR) is 93.8 cm³/mol. The molecule has 1 atom stereocenters. The van der Waals surface area contributed by atoms with E-state index in [2.05, 4.69) is 34.1 Å². The van der Waals surface area contributed by atoms with E-state index < -0.39 is 0 Å². The van der Waals surface area contributed by atoms with Crippen LogP contribution < -0.4 is 0 Å². The molecule has 0 bridgehead atoms. The second kappa shape index (κ2) is 6.54. The van der Waals surface area contributed by atoms with Crippen molar-refractivity contribution in [2.24, 2.45) is 0 Å². The lowest BCUT2D eigenvalue weighted by Gasteiger charge is -2.40. The molecule has 1 aromatic rings. The lowest BCUT2D eigenvalue weighted by Crippen LogP contribution is -2.43. The number of likely N-dealkylation sites (tertiary alicyclic amines) is 2. The number of piperidine rings is 1. The first-order valence-electron chi connectivity index (χ1n) is 9.37. The van der Waals surface area contributed by atoms with Gasteiger partial charge in [0.15, 0.2) is 0 Å². The van der Waals surface area contributed by atoms with E-state index in [0.29, 0.717) is 11.5 Å². The van der Waals surface area contributed by atoms with E-state index in [1.807, 2.05) is 0 Å². The Kier molecular flexibility index (Phi) is 4.44. The van der Waals surface area contributed by atoms with Gasteiger partial charge in [-0.25, -0.2) is 0 Å². The molecule has 3 aliphatic rings. The van der Waals surface area contributed by atoms with Gasteiger partial charge in [0.2, 0.25) is 0 Å². The van der Waals surface area contributed by atoms with Gasteiger partial charge in [0.05, 0.1) is 6.61 Å². The molecule has 3 heteroatoms. The molecule has 0 radical (unpaired) electrons. The fourth-order valence-corrected chi connectivity index (χ4v) is 5.14. The molecule has 2 fully saturated rings. The average molecular weight is 314 g/mol. The van der Waals surface area contributed by atoms with Gasteiger partial charge in [0, 0.05) is 19.7 Å². The van der Waals surface area contributed by atoms with Gasteiger partial charge in [-0.05, 0) is 74.8 Å². The summed E-state index contributed by atoms with van der Waals surface area (Å²) in [4.78, 5) is 5.34. The Morgan fingerprint density at radius 2 is 1.83 bits per heavy atom. The second-order valence-electron chi connectivity index (χ2n) is 7.67. The van der Waals surface area contributed by atoms with E-state index in [1.54, 1.807) is 18.2 Å². The van der Waals surface area contributed by atoms with Crippen LogP contribution in [0.15, 0.2) is 24.3 Å². The number of hydrogen-bond acceptors (Lipinski definition) is 3. The van der Waals surface area contributed by atoms with Crippen molar-refractivity contribution in [1.82, 2.24) is 9.80 Å². The maximum atomic E-state index is 5.25. The average Bonchev–Trinajstić information content (AvgIpc) is 3.22. The SMILES string of the molecule is COCCN1CCC2(CC1)C[C@H](N1CCCC1)c1ccccc12. The normalized spacial score (nSPS) is 27.6. The summed E-state index contributed by atoms with van der Waals surface area (Å²) in [6.45, 7) is 7.00. The van der Waals surface area contributed by atoms with Gasteiger partial charge in [-0.1, -0.05) is 24.3 Å². The van der Waals surface area contributed by atoms with Crippen molar-refractivity contribution < 1.29 is 4.74 Å². The molecule has 2 saturated heterocycles. The number of benzene rings is 1. The molecule has 4 rings (SSSR count). The molecule has 3 nitrogen and oxygen atoms in total. The van der Waals surface area contributed by atoms with Gasteiger partial charge in [0.1, 0.15) is 0 Å². The van der Waals surface area contributed by atoms with E-state index in [-0.39, 0.29) is 0 Å². The van der Waals surface area contributed by atoms with Crippen LogP contribution in [0.1, 0.15) is 49.3 Å². The Morgan fingerprint density at radius 3 is 2.57 bits per heavy atom. The van der Waals surface area contributed by atoms with E-state index in [1.165, 1.54) is 58.3 Å². The van der Waals surface area contributed by atoms with Crippen molar-refractivity contribution in [2.75, 3.05) is 46.4 Å². The van der Waals surface area contributed by atoms with Crippen LogP contribution in [-0.2, 0) is 10.2 Å². The van der Waals surface area contributed by atoms with Crippen molar-refractivity contribution in [2.45, 2.75) is 43.6 Å². The molecule has 0 saturated carbocycles. The molecule has 1 spiro atoms. The summed E-state index contributed by atoms with van der Waals surface area (Å²) in [5.74, 6) is 0. The Labute approximate surface area is 140 Å². The van der Waals surface area contributed by atoms with Crippen LogP contribution in [-0.4, -0.2) is 56.2 Å². The molecule has 1 aliphatic carbocycles. The molecule has 126 valence electrons.